The van der Waals surface area contributed by atoms with E-state index in [0.29, 0.717) is 12.0 Å². The summed E-state index contributed by atoms with van der Waals surface area (Å²) in [6.07, 6.45) is 2.49. The number of nitrogens with one attached hydrogen (secondary N) is 1. The van der Waals surface area contributed by atoms with E-state index in [9.17, 15) is 0 Å². The van der Waals surface area contributed by atoms with Gasteiger partial charge in [-0.2, -0.15) is 0 Å². The molecule has 0 unspecified atom stereocenters. The van der Waals surface area contributed by atoms with Gasteiger partial charge >= 0.3 is 0 Å². The Morgan fingerprint density at radius 1 is 1.30 bits per heavy atom. The molecule has 0 aliphatic carbocycles. The Hall–Kier alpha value is -0.570. The third-order valence-electron chi connectivity index (χ3n) is 4.01. The molecule has 1 aliphatic rings. The molecule has 1 saturated heterocycles. The molecule has 2 nitrogen and oxygen atoms in total. The summed E-state index contributed by atoms with van der Waals surface area (Å²) < 4.78 is 0. The van der Waals surface area contributed by atoms with Gasteiger partial charge < -0.3 is 5.32 Å². The molecular weight excluding hydrogens is 268 g/mol. The van der Waals surface area contributed by atoms with Crippen LogP contribution in [0.25, 0.3) is 0 Å². The highest BCUT2D eigenvalue weighted by Gasteiger charge is 2.22. The molecule has 2 rings (SSSR count). The predicted octanol–water partition coefficient (Wildman–Crippen LogP) is 3.86. The lowest BCUT2D eigenvalue weighted by molar-refractivity contribution is 0.137. The van der Waals surface area contributed by atoms with Crippen molar-refractivity contribution in [2.45, 2.75) is 46.2 Å². The minimum absolute atomic E-state index is 0.689. The number of hydrogen-bond donors (Lipinski definition) is 1. The van der Waals surface area contributed by atoms with Crippen LogP contribution in [0.4, 0.5) is 0 Å². The molecule has 3 heteroatoms. The van der Waals surface area contributed by atoms with Crippen molar-refractivity contribution in [1.29, 1.82) is 0 Å². The molecule has 1 fully saturated rings. The van der Waals surface area contributed by atoms with E-state index < -0.39 is 0 Å². The van der Waals surface area contributed by atoms with E-state index in [4.69, 9.17) is 11.6 Å². The number of rotatable bonds is 5. The van der Waals surface area contributed by atoms with Crippen LogP contribution in [0.3, 0.4) is 0 Å². The zero-order valence-electron chi connectivity index (χ0n) is 13.0. The van der Waals surface area contributed by atoms with Crippen LogP contribution in [0.15, 0.2) is 18.2 Å². The van der Waals surface area contributed by atoms with Gasteiger partial charge in [-0.3, -0.25) is 4.90 Å². The maximum Gasteiger partial charge on any atom is 0.0453 e. The first-order chi connectivity index (χ1) is 9.56. The zero-order chi connectivity index (χ0) is 14.5. The molecule has 0 amide bonds. The largest absolute Gasteiger partial charge is 0.317 e. The molecule has 0 atom stereocenters. The Morgan fingerprint density at radius 2 is 2.00 bits per heavy atom. The van der Waals surface area contributed by atoms with Crippen molar-refractivity contribution in [2.24, 2.45) is 5.92 Å². The Morgan fingerprint density at radius 3 is 2.60 bits per heavy atom. The summed E-state index contributed by atoms with van der Waals surface area (Å²) in [6, 6.07) is 7.12. The molecule has 20 heavy (non-hydrogen) atoms. The number of nitrogens with zero attached hydrogens (tertiary/aromatic N) is 1. The van der Waals surface area contributed by atoms with Gasteiger partial charge in [-0.15, -0.1) is 0 Å². The van der Waals surface area contributed by atoms with Gasteiger partial charge in [0, 0.05) is 24.2 Å². The lowest BCUT2D eigenvalue weighted by atomic mass is 10.0. The summed E-state index contributed by atoms with van der Waals surface area (Å²) in [5.41, 5.74) is 2.49. The van der Waals surface area contributed by atoms with Gasteiger partial charge in [-0.05, 0) is 56.0 Å². The Kier molecular flexibility index (Phi) is 5.88. The predicted molar refractivity (Wildman–Crippen MR) is 87.3 cm³/mol. The summed E-state index contributed by atoms with van der Waals surface area (Å²) in [4.78, 5) is 2.63. The Balaban J connectivity index is 2.09. The second-order valence-electron chi connectivity index (χ2n) is 6.40. The standard InChI is InChI=1S/C17H27ClN2/c1-13(2)11-20(16-6-8-19-9-7-16)12-15-5-4-14(3)10-17(15)18/h4-5,10,13,16,19H,6-9,11-12H2,1-3H3. The molecule has 112 valence electrons. The summed E-state index contributed by atoms with van der Waals surface area (Å²) in [6.45, 7) is 11.1. The minimum atomic E-state index is 0.689. The van der Waals surface area contributed by atoms with Crippen molar-refractivity contribution < 1.29 is 0 Å². The van der Waals surface area contributed by atoms with Gasteiger partial charge in [0.1, 0.15) is 0 Å². The second kappa shape index (κ2) is 7.44. The highest BCUT2D eigenvalue weighted by molar-refractivity contribution is 6.31. The van der Waals surface area contributed by atoms with Crippen LogP contribution in [0.5, 0.6) is 0 Å². The fourth-order valence-electron chi connectivity index (χ4n) is 2.98. The fraction of sp³-hybridized carbons (Fsp3) is 0.647. The third-order valence-corrected chi connectivity index (χ3v) is 4.36. The average Bonchev–Trinajstić information content (AvgIpc) is 2.41. The first-order valence-corrected chi connectivity index (χ1v) is 8.14. The molecule has 0 bridgehead atoms. The molecule has 1 aromatic rings. The van der Waals surface area contributed by atoms with Crippen LogP contribution in [0, 0.1) is 12.8 Å². The number of halogens is 1. The summed E-state index contributed by atoms with van der Waals surface area (Å²) in [5, 5.41) is 4.36. The van der Waals surface area contributed by atoms with Crippen LogP contribution in [-0.4, -0.2) is 30.6 Å². The molecular formula is C17H27ClN2. The quantitative estimate of drug-likeness (QED) is 0.887. The molecule has 0 saturated carbocycles. The molecule has 1 heterocycles. The van der Waals surface area contributed by atoms with Crippen molar-refractivity contribution in [3.05, 3.63) is 34.3 Å². The van der Waals surface area contributed by atoms with E-state index in [0.717, 1.165) is 31.2 Å². The number of piperidine rings is 1. The van der Waals surface area contributed by atoms with Gasteiger partial charge in [0.2, 0.25) is 0 Å². The Bertz CT molecular complexity index is 425. The van der Waals surface area contributed by atoms with E-state index in [2.05, 4.69) is 49.2 Å². The van der Waals surface area contributed by atoms with E-state index in [1.807, 2.05) is 0 Å². The minimum Gasteiger partial charge on any atom is -0.317 e. The smallest absolute Gasteiger partial charge is 0.0453 e. The summed E-state index contributed by atoms with van der Waals surface area (Å²) >= 11 is 6.41. The topological polar surface area (TPSA) is 15.3 Å². The van der Waals surface area contributed by atoms with E-state index in [-0.39, 0.29) is 0 Å². The van der Waals surface area contributed by atoms with E-state index >= 15 is 0 Å². The molecule has 1 aromatic carbocycles. The highest BCUT2D eigenvalue weighted by atomic mass is 35.5. The van der Waals surface area contributed by atoms with Crippen molar-refractivity contribution in [3.8, 4) is 0 Å². The molecule has 0 spiro atoms. The van der Waals surface area contributed by atoms with Crippen LogP contribution < -0.4 is 5.32 Å². The van der Waals surface area contributed by atoms with Gasteiger partial charge in [0.05, 0.1) is 0 Å². The van der Waals surface area contributed by atoms with Gasteiger partial charge in [0.25, 0.3) is 0 Å². The van der Waals surface area contributed by atoms with Gasteiger partial charge in [0.15, 0.2) is 0 Å². The normalized spacial score (nSPS) is 17.1. The maximum atomic E-state index is 6.41. The van der Waals surface area contributed by atoms with Crippen molar-refractivity contribution in [1.82, 2.24) is 10.2 Å². The van der Waals surface area contributed by atoms with Crippen molar-refractivity contribution in [2.75, 3.05) is 19.6 Å². The monoisotopic (exact) mass is 294 g/mol. The highest BCUT2D eigenvalue weighted by Crippen LogP contribution is 2.23. The molecule has 1 aliphatic heterocycles. The number of aryl methyl sites for hydroxylation is 1. The number of hydrogen-bond acceptors (Lipinski definition) is 2. The van der Waals surface area contributed by atoms with Crippen molar-refractivity contribution in [3.63, 3.8) is 0 Å². The zero-order valence-corrected chi connectivity index (χ0v) is 13.7. The number of benzene rings is 1. The maximum absolute atomic E-state index is 6.41. The fourth-order valence-corrected chi connectivity index (χ4v) is 3.28. The molecule has 1 N–H and O–H groups in total. The van der Waals surface area contributed by atoms with Crippen LogP contribution in [-0.2, 0) is 6.54 Å². The van der Waals surface area contributed by atoms with Crippen molar-refractivity contribution >= 4 is 11.6 Å². The second-order valence-corrected chi connectivity index (χ2v) is 6.81. The SMILES string of the molecule is Cc1ccc(CN(CC(C)C)C2CCNCC2)c(Cl)c1. The van der Waals surface area contributed by atoms with E-state index in [1.54, 1.807) is 0 Å². The average molecular weight is 295 g/mol. The third kappa shape index (κ3) is 4.47. The first-order valence-electron chi connectivity index (χ1n) is 7.76. The molecule has 0 radical (unpaired) electrons. The van der Waals surface area contributed by atoms with Crippen LogP contribution in [0.2, 0.25) is 5.02 Å². The lowest BCUT2D eigenvalue weighted by Crippen LogP contribution is -2.44. The first kappa shape index (κ1) is 15.8. The Labute approximate surface area is 128 Å². The van der Waals surface area contributed by atoms with Crippen LogP contribution >= 0.6 is 11.6 Å². The van der Waals surface area contributed by atoms with Gasteiger partial charge in [-0.1, -0.05) is 37.6 Å². The van der Waals surface area contributed by atoms with Crippen LogP contribution in [0.1, 0.15) is 37.8 Å². The van der Waals surface area contributed by atoms with Gasteiger partial charge in [-0.25, -0.2) is 0 Å². The summed E-state index contributed by atoms with van der Waals surface area (Å²) in [7, 11) is 0. The van der Waals surface area contributed by atoms with E-state index in [1.165, 1.54) is 24.0 Å². The summed E-state index contributed by atoms with van der Waals surface area (Å²) in [5.74, 6) is 0.689. The molecule has 0 aromatic heterocycles. The lowest BCUT2D eigenvalue weighted by Gasteiger charge is -2.36.